The van der Waals surface area contributed by atoms with Gasteiger partial charge in [0.15, 0.2) is 5.96 Å². The van der Waals surface area contributed by atoms with E-state index in [1.54, 1.807) is 7.05 Å². The van der Waals surface area contributed by atoms with Crippen LogP contribution < -0.4 is 10.6 Å². The number of rotatable bonds is 3. The molecular weight excluding hydrogens is 216 g/mol. The molecule has 2 rings (SSSR count). The van der Waals surface area contributed by atoms with Crippen LogP contribution in [0.25, 0.3) is 0 Å². The highest BCUT2D eigenvalue weighted by Gasteiger charge is 2.35. The average Bonchev–Trinajstić information content (AvgIpc) is 2.57. The maximum Gasteiger partial charge on any atom is 0.251 e. The normalized spacial score (nSPS) is 34.0. The van der Waals surface area contributed by atoms with Gasteiger partial charge in [-0.25, -0.2) is 0 Å². The molecule has 2 unspecified atom stereocenters. The molecule has 96 valence electrons. The van der Waals surface area contributed by atoms with Gasteiger partial charge in [0.05, 0.1) is 0 Å². The number of hydrogen-bond acceptors (Lipinski definition) is 3. The van der Waals surface area contributed by atoms with Gasteiger partial charge in [-0.3, -0.25) is 15.1 Å². The highest BCUT2D eigenvalue weighted by molar-refractivity contribution is 6.04. The maximum absolute atomic E-state index is 11.8. The largest absolute Gasteiger partial charge is 0.344 e. The molecule has 2 aliphatic rings. The Balaban J connectivity index is 1.89. The fourth-order valence-electron chi connectivity index (χ4n) is 2.93. The summed E-state index contributed by atoms with van der Waals surface area (Å²) in [5.74, 6) is 0.879. The predicted octanol–water partition coefficient (Wildman–Crippen LogP) is 0.520. The topological polar surface area (TPSA) is 68.2 Å². The lowest BCUT2D eigenvalue weighted by Gasteiger charge is -2.29. The quantitative estimate of drug-likeness (QED) is 0.671. The highest BCUT2D eigenvalue weighted by Crippen LogP contribution is 2.28. The fourth-order valence-corrected chi connectivity index (χ4v) is 2.93. The lowest BCUT2D eigenvalue weighted by atomic mass is 9.82. The molecular formula is C12H22N4O. The van der Waals surface area contributed by atoms with Gasteiger partial charge in [0.1, 0.15) is 6.04 Å². The molecule has 1 aliphatic carbocycles. The number of carbonyl (C=O) groups excluding carboxylic acids is 1. The highest BCUT2D eigenvalue weighted by atomic mass is 16.2. The second-order valence-electron chi connectivity index (χ2n) is 5.20. The van der Waals surface area contributed by atoms with E-state index in [9.17, 15) is 4.79 Å². The minimum atomic E-state index is -0.173. The summed E-state index contributed by atoms with van der Waals surface area (Å²) in [6.45, 7) is 0. The molecule has 0 aromatic carbocycles. The summed E-state index contributed by atoms with van der Waals surface area (Å²) in [5.41, 5.74) is 0. The third-order valence-electron chi connectivity index (χ3n) is 4.04. The van der Waals surface area contributed by atoms with Gasteiger partial charge in [0.2, 0.25) is 0 Å². The Morgan fingerprint density at radius 1 is 1.53 bits per heavy atom. The lowest BCUT2D eigenvalue weighted by molar-refractivity contribution is -0.126. The van der Waals surface area contributed by atoms with E-state index >= 15 is 0 Å². The Morgan fingerprint density at radius 3 is 2.88 bits per heavy atom. The van der Waals surface area contributed by atoms with Crippen LogP contribution in [0.5, 0.6) is 0 Å². The van der Waals surface area contributed by atoms with Crippen LogP contribution in [0.4, 0.5) is 0 Å². The van der Waals surface area contributed by atoms with E-state index in [1.165, 1.54) is 24.2 Å². The van der Waals surface area contributed by atoms with Crippen molar-refractivity contribution in [3.8, 4) is 0 Å². The Kier molecular flexibility index (Phi) is 3.66. The summed E-state index contributed by atoms with van der Waals surface area (Å²) < 4.78 is 0. The van der Waals surface area contributed by atoms with Crippen LogP contribution in [-0.4, -0.2) is 42.9 Å². The van der Waals surface area contributed by atoms with Gasteiger partial charge in [0, 0.05) is 13.1 Å². The first-order chi connectivity index (χ1) is 8.11. The van der Waals surface area contributed by atoms with E-state index in [2.05, 4.69) is 10.6 Å². The number of guanidine groups is 1. The van der Waals surface area contributed by atoms with Crippen molar-refractivity contribution in [2.75, 3.05) is 14.1 Å². The Labute approximate surface area is 102 Å². The van der Waals surface area contributed by atoms with Gasteiger partial charge < -0.3 is 10.6 Å². The van der Waals surface area contributed by atoms with E-state index in [-0.39, 0.29) is 17.9 Å². The fraction of sp³-hybridized carbons (Fsp3) is 0.833. The molecule has 0 radical (unpaired) electrons. The smallest absolute Gasteiger partial charge is 0.251 e. The second kappa shape index (κ2) is 5.04. The van der Waals surface area contributed by atoms with Crippen molar-refractivity contribution in [2.45, 2.75) is 44.2 Å². The molecule has 17 heavy (non-hydrogen) atoms. The predicted molar refractivity (Wildman–Crippen MR) is 66.8 cm³/mol. The Morgan fingerprint density at radius 2 is 2.29 bits per heavy atom. The van der Waals surface area contributed by atoms with Gasteiger partial charge in [-0.1, -0.05) is 12.8 Å². The van der Waals surface area contributed by atoms with E-state index in [4.69, 9.17) is 5.41 Å². The van der Waals surface area contributed by atoms with Gasteiger partial charge >= 0.3 is 0 Å². The first-order valence-corrected chi connectivity index (χ1v) is 6.41. The third-order valence-corrected chi connectivity index (χ3v) is 4.04. The van der Waals surface area contributed by atoms with Crippen LogP contribution in [0, 0.1) is 11.3 Å². The molecule has 5 heteroatoms. The zero-order chi connectivity index (χ0) is 12.4. The van der Waals surface area contributed by atoms with Crippen LogP contribution in [0.3, 0.4) is 0 Å². The first-order valence-electron chi connectivity index (χ1n) is 6.41. The minimum Gasteiger partial charge on any atom is -0.344 e. The van der Waals surface area contributed by atoms with Crippen LogP contribution in [0.2, 0.25) is 0 Å². The van der Waals surface area contributed by atoms with Crippen molar-refractivity contribution in [3.05, 3.63) is 0 Å². The maximum atomic E-state index is 11.8. The van der Waals surface area contributed by atoms with Crippen molar-refractivity contribution >= 4 is 11.9 Å². The third kappa shape index (κ3) is 2.60. The molecule has 1 heterocycles. The molecule has 1 saturated carbocycles. The molecule has 2 fully saturated rings. The van der Waals surface area contributed by atoms with Crippen molar-refractivity contribution < 1.29 is 4.79 Å². The van der Waals surface area contributed by atoms with Crippen molar-refractivity contribution in [2.24, 2.45) is 5.92 Å². The first kappa shape index (κ1) is 12.4. The van der Waals surface area contributed by atoms with Crippen LogP contribution in [0.15, 0.2) is 0 Å². The SMILES string of the molecule is CNC1CCCC(C[C@H]2NC(=N)N(C)C2=O)C1. The summed E-state index contributed by atoms with van der Waals surface area (Å²) >= 11 is 0. The molecule has 0 aromatic heterocycles. The summed E-state index contributed by atoms with van der Waals surface area (Å²) in [4.78, 5) is 13.3. The van der Waals surface area contributed by atoms with Crippen molar-refractivity contribution in [1.82, 2.24) is 15.5 Å². The van der Waals surface area contributed by atoms with Gasteiger partial charge in [-0.15, -0.1) is 0 Å². The van der Waals surface area contributed by atoms with Crippen LogP contribution in [0.1, 0.15) is 32.1 Å². The number of carbonyl (C=O) groups is 1. The average molecular weight is 238 g/mol. The van der Waals surface area contributed by atoms with Crippen LogP contribution >= 0.6 is 0 Å². The number of nitrogens with one attached hydrogen (secondary N) is 3. The van der Waals surface area contributed by atoms with Crippen LogP contribution in [-0.2, 0) is 4.79 Å². The molecule has 1 aliphatic heterocycles. The number of nitrogens with zero attached hydrogens (tertiary/aromatic N) is 1. The molecule has 0 aromatic rings. The van der Waals surface area contributed by atoms with Crippen molar-refractivity contribution in [1.29, 1.82) is 5.41 Å². The molecule has 3 N–H and O–H groups in total. The van der Waals surface area contributed by atoms with Gasteiger partial charge in [0.25, 0.3) is 5.91 Å². The van der Waals surface area contributed by atoms with E-state index in [0.717, 1.165) is 12.8 Å². The molecule has 1 saturated heterocycles. The van der Waals surface area contributed by atoms with Gasteiger partial charge in [-0.05, 0) is 32.2 Å². The monoisotopic (exact) mass is 238 g/mol. The Hall–Kier alpha value is -1.10. The van der Waals surface area contributed by atoms with E-state index < -0.39 is 0 Å². The molecule has 0 bridgehead atoms. The number of likely N-dealkylation sites (N-methyl/N-ethyl adjacent to an activating group) is 1. The summed E-state index contributed by atoms with van der Waals surface area (Å²) in [6.07, 6.45) is 5.71. The standard InChI is InChI=1S/C12H22N4O/c1-14-9-5-3-4-8(6-9)7-10-11(17)16(2)12(13)15-10/h8-10,14H,3-7H2,1-2H3,(H2,13,15)/t8?,9?,10-/m1/s1. The Bertz CT molecular complexity index is 318. The van der Waals surface area contributed by atoms with E-state index in [1.807, 2.05) is 7.05 Å². The summed E-state index contributed by atoms with van der Waals surface area (Å²) in [6, 6.07) is 0.426. The molecule has 0 spiro atoms. The number of amides is 1. The summed E-state index contributed by atoms with van der Waals surface area (Å²) in [5, 5.41) is 13.9. The van der Waals surface area contributed by atoms with Gasteiger partial charge in [-0.2, -0.15) is 0 Å². The zero-order valence-corrected chi connectivity index (χ0v) is 10.6. The molecule has 5 nitrogen and oxygen atoms in total. The second-order valence-corrected chi connectivity index (χ2v) is 5.20. The van der Waals surface area contributed by atoms with Crippen molar-refractivity contribution in [3.63, 3.8) is 0 Å². The number of hydrogen-bond donors (Lipinski definition) is 3. The minimum absolute atomic E-state index is 0.0431. The zero-order valence-electron chi connectivity index (χ0n) is 10.6. The molecule has 1 amide bonds. The van der Waals surface area contributed by atoms with E-state index in [0.29, 0.717) is 12.0 Å². The molecule has 3 atom stereocenters. The lowest BCUT2D eigenvalue weighted by Crippen LogP contribution is -2.36. The summed E-state index contributed by atoms with van der Waals surface area (Å²) in [7, 11) is 3.67.